The molecule has 0 spiro atoms. The lowest BCUT2D eigenvalue weighted by Crippen LogP contribution is -2.49. The summed E-state index contributed by atoms with van der Waals surface area (Å²) >= 11 is 0. The molecule has 0 unspecified atom stereocenters. The highest BCUT2D eigenvalue weighted by Crippen LogP contribution is 2.43. The number of likely N-dealkylation sites (tertiary alicyclic amines) is 1. The first-order chi connectivity index (χ1) is 16.7. The molecule has 0 aromatic heterocycles. The number of unbranched alkanes of at least 4 members (excludes halogenated alkanes) is 6. The van der Waals surface area contributed by atoms with Crippen LogP contribution in [0.5, 0.6) is 0 Å². The third-order valence-corrected chi connectivity index (χ3v) is 7.49. The molecule has 1 atom stereocenters. The Bertz CT molecular complexity index is 784. The minimum absolute atomic E-state index is 0.191. The van der Waals surface area contributed by atoms with Crippen molar-refractivity contribution in [1.29, 1.82) is 0 Å². The summed E-state index contributed by atoms with van der Waals surface area (Å²) in [5.74, 6) is -0.0437. The van der Waals surface area contributed by atoms with Gasteiger partial charge in [-0.05, 0) is 68.9 Å². The molecule has 1 fully saturated rings. The zero-order valence-corrected chi connectivity index (χ0v) is 21.2. The topological polar surface area (TPSA) is 58.4 Å². The van der Waals surface area contributed by atoms with E-state index in [0.29, 0.717) is 0 Å². The number of benzene rings is 2. The molecule has 4 heteroatoms. The van der Waals surface area contributed by atoms with Gasteiger partial charge in [0.2, 0.25) is 5.91 Å². The fourth-order valence-electron chi connectivity index (χ4n) is 5.69. The number of nitrogens with zero attached hydrogens (tertiary/aromatic N) is 1. The van der Waals surface area contributed by atoms with Crippen LogP contribution >= 0.6 is 0 Å². The van der Waals surface area contributed by atoms with Gasteiger partial charge in [0.05, 0.1) is 0 Å². The lowest BCUT2D eigenvalue weighted by Gasteiger charge is -2.37. The number of carbonyl (C=O) groups is 1. The number of rotatable bonds is 16. The van der Waals surface area contributed by atoms with Crippen molar-refractivity contribution in [2.24, 2.45) is 11.7 Å². The van der Waals surface area contributed by atoms with Crippen LogP contribution in [-0.2, 0) is 10.2 Å². The number of nitrogens with two attached hydrogens (primary N) is 1. The summed E-state index contributed by atoms with van der Waals surface area (Å²) in [5.41, 5.74) is 7.48. The van der Waals surface area contributed by atoms with E-state index in [0.717, 1.165) is 43.7 Å². The number of hydrogen-bond donors (Lipinski definition) is 2. The average Bonchev–Trinajstić information content (AvgIpc) is 3.33. The lowest BCUT2D eigenvalue weighted by atomic mass is 9.64. The van der Waals surface area contributed by atoms with E-state index in [1.54, 1.807) is 0 Å². The van der Waals surface area contributed by atoms with Gasteiger partial charge >= 0.3 is 0 Å². The summed E-state index contributed by atoms with van der Waals surface area (Å²) in [4.78, 5) is 15.7. The van der Waals surface area contributed by atoms with E-state index in [1.165, 1.54) is 57.9 Å². The molecule has 34 heavy (non-hydrogen) atoms. The van der Waals surface area contributed by atoms with E-state index < -0.39 is 5.41 Å². The summed E-state index contributed by atoms with van der Waals surface area (Å²) in [5, 5.41) is 3.48. The molecule has 2 aromatic carbocycles. The Morgan fingerprint density at radius 3 is 2.00 bits per heavy atom. The van der Waals surface area contributed by atoms with Crippen LogP contribution in [0.15, 0.2) is 60.7 Å². The quantitative estimate of drug-likeness (QED) is 0.323. The van der Waals surface area contributed by atoms with Crippen LogP contribution in [0.4, 0.5) is 0 Å². The minimum atomic E-state index is -0.775. The maximum absolute atomic E-state index is 13.2. The van der Waals surface area contributed by atoms with Crippen LogP contribution in [0.2, 0.25) is 0 Å². The molecule has 1 aliphatic rings. The van der Waals surface area contributed by atoms with Crippen molar-refractivity contribution < 1.29 is 4.79 Å². The van der Waals surface area contributed by atoms with E-state index in [-0.39, 0.29) is 11.8 Å². The normalized spacial score (nSPS) is 16.7. The van der Waals surface area contributed by atoms with Gasteiger partial charge in [-0.25, -0.2) is 0 Å². The third-order valence-electron chi connectivity index (χ3n) is 7.49. The predicted molar refractivity (Wildman–Crippen MR) is 143 cm³/mol. The van der Waals surface area contributed by atoms with Crippen LogP contribution in [0, 0.1) is 5.92 Å². The molecule has 3 rings (SSSR count). The van der Waals surface area contributed by atoms with E-state index in [4.69, 9.17) is 5.73 Å². The molecule has 2 aromatic rings. The molecule has 3 N–H and O–H groups in total. The highest BCUT2D eigenvalue weighted by atomic mass is 16.1. The maximum Gasteiger partial charge on any atom is 0.232 e. The summed E-state index contributed by atoms with van der Waals surface area (Å²) in [7, 11) is 0. The van der Waals surface area contributed by atoms with Crippen molar-refractivity contribution in [1.82, 2.24) is 10.2 Å². The van der Waals surface area contributed by atoms with Crippen molar-refractivity contribution in [3.8, 4) is 0 Å². The zero-order chi connectivity index (χ0) is 24.1. The van der Waals surface area contributed by atoms with Crippen molar-refractivity contribution in [3.63, 3.8) is 0 Å². The molecule has 4 nitrogen and oxygen atoms in total. The van der Waals surface area contributed by atoms with Gasteiger partial charge in [-0.15, -0.1) is 0 Å². The number of primary amides is 1. The molecule has 1 aliphatic heterocycles. The first kappa shape index (κ1) is 26.4. The Balaban J connectivity index is 1.50. The number of carbonyl (C=O) groups excluding carboxylic acids is 1. The van der Waals surface area contributed by atoms with Gasteiger partial charge in [0, 0.05) is 6.54 Å². The molecule has 1 amide bonds. The van der Waals surface area contributed by atoms with E-state index in [2.05, 4.69) is 41.4 Å². The van der Waals surface area contributed by atoms with Gasteiger partial charge in [-0.3, -0.25) is 4.79 Å². The van der Waals surface area contributed by atoms with Crippen molar-refractivity contribution >= 4 is 5.91 Å². The predicted octanol–water partition coefficient (Wildman–Crippen LogP) is 5.51. The SMILES string of the molecule is CCCNCCCCCCCCCN1CC[C@H](C(C(N)=O)(c2ccccc2)c2ccccc2)C1. The number of hydrogen-bond acceptors (Lipinski definition) is 3. The minimum Gasteiger partial charge on any atom is -0.369 e. The van der Waals surface area contributed by atoms with Crippen molar-refractivity contribution in [3.05, 3.63) is 71.8 Å². The van der Waals surface area contributed by atoms with Gasteiger partial charge in [-0.1, -0.05) is 99.7 Å². The van der Waals surface area contributed by atoms with Crippen LogP contribution in [0.1, 0.15) is 75.8 Å². The smallest absolute Gasteiger partial charge is 0.232 e. The van der Waals surface area contributed by atoms with Gasteiger partial charge < -0.3 is 16.0 Å². The van der Waals surface area contributed by atoms with Crippen LogP contribution in [0.25, 0.3) is 0 Å². The molecule has 0 saturated carbocycles. The summed E-state index contributed by atoms with van der Waals surface area (Å²) in [6.45, 7) is 7.63. The Hall–Kier alpha value is -2.17. The van der Waals surface area contributed by atoms with Crippen molar-refractivity contribution in [2.45, 2.75) is 70.1 Å². The second-order valence-corrected chi connectivity index (χ2v) is 9.92. The van der Waals surface area contributed by atoms with E-state index in [1.807, 2.05) is 36.4 Å². The maximum atomic E-state index is 13.2. The monoisotopic (exact) mass is 463 g/mol. The average molecular weight is 464 g/mol. The molecular weight excluding hydrogens is 418 g/mol. The second-order valence-electron chi connectivity index (χ2n) is 9.92. The van der Waals surface area contributed by atoms with Gasteiger partial charge in [-0.2, -0.15) is 0 Å². The largest absolute Gasteiger partial charge is 0.369 e. The lowest BCUT2D eigenvalue weighted by molar-refractivity contribution is -0.123. The molecule has 0 bridgehead atoms. The second kappa shape index (κ2) is 14.3. The first-order valence-electron chi connectivity index (χ1n) is 13.5. The highest BCUT2D eigenvalue weighted by Gasteiger charge is 2.49. The summed E-state index contributed by atoms with van der Waals surface area (Å²) in [6, 6.07) is 20.4. The standard InChI is InChI=1S/C30H45N3O/c1-2-21-32-22-14-6-4-3-5-7-15-23-33-24-20-28(25-33)30(29(31)34,26-16-10-8-11-17-26)27-18-12-9-13-19-27/h8-13,16-19,28,32H,2-7,14-15,20-25H2,1H3,(H2,31,34)/t28-/m0/s1. The highest BCUT2D eigenvalue weighted by molar-refractivity contribution is 5.91. The third kappa shape index (κ3) is 6.93. The van der Waals surface area contributed by atoms with E-state index >= 15 is 0 Å². The van der Waals surface area contributed by atoms with Gasteiger partial charge in [0.1, 0.15) is 5.41 Å². The number of amides is 1. The van der Waals surface area contributed by atoms with Crippen LogP contribution in [0.3, 0.4) is 0 Å². The molecule has 186 valence electrons. The first-order valence-corrected chi connectivity index (χ1v) is 13.5. The molecule has 1 heterocycles. The van der Waals surface area contributed by atoms with Crippen molar-refractivity contribution in [2.75, 3.05) is 32.7 Å². The zero-order valence-electron chi connectivity index (χ0n) is 21.2. The Labute approximate surface area is 207 Å². The molecule has 0 radical (unpaired) electrons. The van der Waals surface area contributed by atoms with E-state index in [9.17, 15) is 4.79 Å². The fourth-order valence-corrected chi connectivity index (χ4v) is 5.69. The molecule has 1 saturated heterocycles. The van der Waals surface area contributed by atoms with Crippen LogP contribution < -0.4 is 11.1 Å². The fraction of sp³-hybridized carbons (Fsp3) is 0.567. The van der Waals surface area contributed by atoms with Gasteiger partial charge in [0.25, 0.3) is 0 Å². The number of nitrogens with one attached hydrogen (secondary N) is 1. The van der Waals surface area contributed by atoms with Crippen LogP contribution in [-0.4, -0.2) is 43.5 Å². The summed E-state index contributed by atoms with van der Waals surface area (Å²) < 4.78 is 0. The Morgan fingerprint density at radius 1 is 0.882 bits per heavy atom. The summed E-state index contributed by atoms with van der Waals surface area (Å²) in [6.07, 6.45) is 11.5. The molecular formula is C30H45N3O. The molecule has 0 aliphatic carbocycles. The Morgan fingerprint density at radius 2 is 1.44 bits per heavy atom. The van der Waals surface area contributed by atoms with Gasteiger partial charge in [0.15, 0.2) is 0 Å². The Kier molecular flexibility index (Phi) is 11.1.